The van der Waals surface area contributed by atoms with Crippen LogP contribution < -0.4 is 22.8 Å². The first-order chi connectivity index (χ1) is 54.3. The van der Waals surface area contributed by atoms with Crippen molar-refractivity contribution in [2.75, 3.05) is 6.61 Å². The maximum Gasteiger partial charge on any atom is 0.345 e. The van der Waals surface area contributed by atoms with Gasteiger partial charge in [-0.25, -0.2) is 37.9 Å². The molecule has 0 radical (unpaired) electrons. The second-order valence-electron chi connectivity index (χ2n) is 42.6. The number of aliphatic hydroxyl groups excluding tert-OH is 2. The number of azo groups is 1. The molecule has 9 saturated carbocycles. The Morgan fingerprint density at radius 3 is 1.37 bits per heavy atom. The lowest BCUT2D eigenvalue weighted by atomic mass is 9.40. The van der Waals surface area contributed by atoms with Crippen molar-refractivity contribution in [3.63, 3.8) is 0 Å². The molecule has 2 aromatic rings. The van der Waals surface area contributed by atoms with Gasteiger partial charge in [0.15, 0.2) is 0 Å². The van der Waals surface area contributed by atoms with Crippen LogP contribution in [-0.2, 0) is 50.8 Å². The molecule has 0 aromatic carbocycles. The average Bonchev–Trinajstić information content (AvgIpc) is 1.60. The van der Waals surface area contributed by atoms with E-state index in [1.165, 1.54) is 122 Å². The van der Waals surface area contributed by atoms with E-state index in [4.69, 9.17) is 4.74 Å². The lowest BCUT2D eigenvalue weighted by molar-refractivity contribution is -0.205. The number of carbonyl (C=O) groups excluding carboxylic acids is 4. The maximum atomic E-state index is 13.7. The highest BCUT2D eigenvalue weighted by molar-refractivity contribution is 6.01. The number of ether oxygens (including phenoxy) is 2. The highest BCUT2D eigenvalue weighted by Crippen LogP contribution is 2.77. The number of esters is 2. The molecule has 20 heteroatoms. The molecule has 17 aliphatic rings. The molecule has 640 valence electrons. The van der Waals surface area contributed by atoms with Gasteiger partial charge in [-0.3, -0.25) is 29.1 Å². The summed E-state index contributed by atoms with van der Waals surface area (Å²) in [7, 11) is 0. The fourth-order valence-corrected chi connectivity index (χ4v) is 30.1. The van der Waals surface area contributed by atoms with Gasteiger partial charge in [0.25, 0.3) is 11.8 Å². The summed E-state index contributed by atoms with van der Waals surface area (Å²) in [4.78, 5) is 101. The minimum Gasteiger partial charge on any atom is -0.466 e. The van der Waals surface area contributed by atoms with Crippen molar-refractivity contribution in [3.05, 3.63) is 89.5 Å². The smallest absolute Gasteiger partial charge is 0.345 e. The molecule has 4 spiro atoms. The molecule has 2 amide bonds. The minimum atomic E-state index is -0.664. The van der Waals surface area contributed by atoms with Crippen LogP contribution in [0.5, 0.6) is 0 Å². The molecule has 19 rings (SSSR count). The third-order valence-electron chi connectivity index (χ3n) is 35.4. The van der Waals surface area contributed by atoms with E-state index in [-0.39, 0.29) is 80.9 Å². The Kier molecular flexibility index (Phi) is 24.7. The molecule has 25 atom stereocenters. The van der Waals surface area contributed by atoms with Crippen molar-refractivity contribution in [1.29, 1.82) is 0 Å². The normalized spacial score (nSPS) is 40.7. The second-order valence-corrected chi connectivity index (χ2v) is 42.6. The molecule has 4 N–H and O–H groups in total. The monoisotopic (exact) mass is 1590 g/mol. The Hall–Kier alpha value is -5.76. The van der Waals surface area contributed by atoms with E-state index in [1.807, 2.05) is 16.3 Å². The number of aromatic nitrogens is 6. The summed E-state index contributed by atoms with van der Waals surface area (Å²) in [6.45, 7) is 41.8. The van der Waals surface area contributed by atoms with Gasteiger partial charge in [-0.15, -0.1) is 10.2 Å². The molecule has 4 bridgehead atoms. The number of allylic oxidation sites excluding steroid dienone is 7. The number of hydrogen-bond donors (Lipinski definition) is 4. The van der Waals surface area contributed by atoms with E-state index in [0.29, 0.717) is 78.1 Å². The van der Waals surface area contributed by atoms with Gasteiger partial charge in [-0.1, -0.05) is 216 Å². The van der Waals surface area contributed by atoms with Crippen LogP contribution in [0.15, 0.2) is 77.0 Å². The number of rotatable bonds is 18. The molecule has 0 saturated heterocycles. The maximum absolute atomic E-state index is 13.7. The summed E-state index contributed by atoms with van der Waals surface area (Å²) in [5.41, 5.74) is 0.785. The van der Waals surface area contributed by atoms with Gasteiger partial charge in [0.2, 0.25) is 0 Å². The zero-order chi connectivity index (χ0) is 83.3. The van der Waals surface area contributed by atoms with Gasteiger partial charge in [0.05, 0.1) is 41.0 Å². The molecular weight excluding hydrogens is 1450 g/mol. The van der Waals surface area contributed by atoms with E-state index < -0.39 is 40.1 Å². The Labute approximate surface area is 686 Å². The first kappa shape index (κ1) is 87.1. The van der Waals surface area contributed by atoms with Crippen molar-refractivity contribution < 1.29 is 38.9 Å². The molecule has 9 fully saturated rings. The number of amides is 2. The molecule has 5 aliphatic heterocycles. The summed E-state index contributed by atoms with van der Waals surface area (Å²) in [5, 5.41) is 26.8. The van der Waals surface area contributed by atoms with E-state index in [2.05, 4.69) is 165 Å². The summed E-state index contributed by atoms with van der Waals surface area (Å²) in [6, 6.07) is 0. The van der Waals surface area contributed by atoms with E-state index >= 15 is 0 Å². The van der Waals surface area contributed by atoms with Crippen LogP contribution in [0.25, 0.3) is 0 Å². The van der Waals surface area contributed by atoms with Crippen LogP contribution in [0, 0.1) is 121 Å². The predicted octanol–water partition coefficient (Wildman–Crippen LogP) is 18.3. The van der Waals surface area contributed by atoms with Crippen LogP contribution in [0.2, 0.25) is 0 Å². The van der Waals surface area contributed by atoms with Gasteiger partial charge in [0.1, 0.15) is 12.5 Å². The number of nitrogens with one attached hydrogen (secondary N) is 2. The molecule has 115 heavy (non-hydrogen) atoms. The fraction of sp³-hybridized carbons (Fsp3) is 0.832. The lowest BCUT2D eigenvalue weighted by Crippen LogP contribution is -2.76. The predicted molar refractivity (Wildman–Crippen MR) is 450 cm³/mol. The lowest BCUT2D eigenvalue weighted by Gasteiger charge is -2.71. The van der Waals surface area contributed by atoms with Gasteiger partial charge in [0, 0.05) is 37.0 Å². The molecule has 7 heterocycles. The Bertz CT molecular complexity index is 4330. The van der Waals surface area contributed by atoms with Crippen molar-refractivity contribution in [1.82, 2.24) is 28.7 Å². The Balaban J connectivity index is 0.000000140. The molecular formula is C95H148N8O12. The van der Waals surface area contributed by atoms with Crippen molar-refractivity contribution in [2.24, 2.45) is 131 Å². The van der Waals surface area contributed by atoms with Gasteiger partial charge in [-0.2, -0.15) is 0 Å². The first-order valence-corrected chi connectivity index (χ1v) is 46.2. The van der Waals surface area contributed by atoms with Crippen molar-refractivity contribution in [3.8, 4) is 0 Å². The SMILES string of the molecule is CC(C)CCCC(C)C1CC[C@H]2C3=CC=C4C[C@@H](O)CC[C@]4(C)[C@H]3CC[C@]12C.CC(C)CCC[C@@H](C)C1CC[C@H]2C34C=CC5(C[C@@H](O)CC[C@]5(C)[C@H]3CC[C@]12C)n1c(=O)[nH]c(=O)n14.CCC(=O)O[C@H]1CC[C@]2(C)[C@H]3CC[C@]4(C)C([C@H](C)CCCC(C)C)CC[C@H]4C34C=CC2(C1)n1c(=O)[nH]c(=O)n14.CCOC(C)=O.O=C1CC(=O)N=N1. The Morgan fingerprint density at radius 2 is 0.930 bits per heavy atom. The number of H-pyrrole nitrogens is 2. The van der Waals surface area contributed by atoms with Crippen LogP contribution in [-0.4, -0.2) is 87.6 Å². The number of hydrogen-bond acceptors (Lipinski definition) is 12. The number of aliphatic hydroxyl groups is 2. The fourth-order valence-electron chi connectivity index (χ4n) is 30.1. The van der Waals surface area contributed by atoms with E-state index in [1.54, 1.807) is 27.4 Å². The van der Waals surface area contributed by atoms with Crippen LogP contribution in [0.4, 0.5) is 0 Å². The number of carbonyl (C=O) groups is 4. The number of nitrogens with zero attached hydrogens (tertiary/aromatic N) is 6. The molecule has 20 nitrogen and oxygen atoms in total. The van der Waals surface area contributed by atoms with Crippen LogP contribution in [0.3, 0.4) is 0 Å². The topological polar surface area (TPSA) is 271 Å². The standard InChI is InChI=1S/C32H49N3O4.C29H45N3O3.C27H44O.C4H8O2.C3H2N2O2/c1-7-26(36)39-22-13-16-30(6)25-14-15-29(5)23(21(4)10-8-9-20(2)3)11-12-24(29)32(25)18-17-31(30,19-22)34-27(37)33-28(38)35(32)34;1-18(2)7-6-8-19(3)21-9-10-22-26(21,4)13-12-23-27(5)14-11-20(33)17-28(27)15-16-29(22,23)32-25(35)30-24(34)31(28)32;1-18(2)7-6-8-19(3)23-11-12-24-22-10-9-20-17-21(28)13-15-26(20,4)25(22)14-16-27(23,24)5;1-3-6-4(2)5;6-2-1-3(7)5-4-2/h17-18,20-25H,7-16,19H2,1-6H3,(H,33,37,38);15-16,18-23,33H,6-14,17H2,1-5H3,(H,30,34,35);9-10,18-19,21,23-25,28H,6-8,11-17H2,1-5H3;3H2,1-2H3;1H2/t21-,22+,23?,24-,25-,29-,30-,31?,32?;19-,20+,21?,22-,23-,26-,27-,28?,29?;19?,21-,23?,24-,25-,26-,27+;;/m110../s1. The van der Waals surface area contributed by atoms with Crippen molar-refractivity contribution in [2.45, 2.75) is 371 Å². The third kappa shape index (κ3) is 14.3. The van der Waals surface area contributed by atoms with Crippen molar-refractivity contribution >= 4 is 23.8 Å². The van der Waals surface area contributed by atoms with Crippen LogP contribution >= 0.6 is 0 Å². The number of aromatic amines is 2. The molecule has 8 unspecified atom stereocenters. The third-order valence-corrected chi connectivity index (χ3v) is 35.4. The highest BCUT2D eigenvalue weighted by atomic mass is 16.5. The minimum absolute atomic E-state index is 0.106. The Morgan fingerprint density at radius 1 is 0.487 bits per heavy atom. The van der Waals surface area contributed by atoms with Gasteiger partial charge >= 0.3 is 34.7 Å². The zero-order valence-corrected chi connectivity index (χ0v) is 73.9. The summed E-state index contributed by atoms with van der Waals surface area (Å²) >= 11 is 0. The zero-order valence-electron chi connectivity index (χ0n) is 73.9. The van der Waals surface area contributed by atoms with E-state index in [9.17, 15) is 48.6 Å². The quantitative estimate of drug-likeness (QED) is 0.0616. The second kappa shape index (κ2) is 32.7. The van der Waals surface area contributed by atoms with Gasteiger partial charge < -0.3 is 19.7 Å². The number of fused-ring (bicyclic) bond motifs is 7. The highest BCUT2D eigenvalue weighted by Gasteiger charge is 2.77. The first-order valence-electron chi connectivity index (χ1n) is 46.2. The average molecular weight is 1590 g/mol. The summed E-state index contributed by atoms with van der Waals surface area (Å²) < 4.78 is 17.6. The largest absolute Gasteiger partial charge is 0.466 e. The van der Waals surface area contributed by atoms with E-state index in [0.717, 1.165) is 106 Å². The van der Waals surface area contributed by atoms with Gasteiger partial charge in [-0.05, 0) is 239 Å². The summed E-state index contributed by atoms with van der Waals surface area (Å²) in [5.74, 6) is 8.30. The summed E-state index contributed by atoms with van der Waals surface area (Å²) in [6.07, 6.45) is 47.9. The van der Waals surface area contributed by atoms with Crippen LogP contribution in [0.1, 0.15) is 330 Å². The molecule has 12 aliphatic carbocycles. The molecule has 2 aromatic heterocycles.